The second-order valence-corrected chi connectivity index (χ2v) is 19.9. The van der Waals surface area contributed by atoms with Gasteiger partial charge in [0.15, 0.2) is 0 Å². The first-order chi connectivity index (χ1) is 25.0. The summed E-state index contributed by atoms with van der Waals surface area (Å²) in [5, 5.41) is 11.5. The molecule has 0 saturated heterocycles. The Balaban J connectivity index is 1.21. The summed E-state index contributed by atoms with van der Waals surface area (Å²) in [6, 6.07) is 60.1. The highest BCUT2D eigenvalue weighted by molar-refractivity contribution is 6.90. The molecule has 0 bridgehead atoms. The van der Waals surface area contributed by atoms with E-state index >= 15 is 0 Å². The Bertz CT molecular complexity index is 2800. The van der Waals surface area contributed by atoms with E-state index in [1.807, 2.05) is 0 Å². The van der Waals surface area contributed by atoms with Crippen molar-refractivity contribution in [2.24, 2.45) is 0 Å². The molecule has 1 aliphatic rings. The number of hydrogen-bond donors (Lipinski definition) is 0. The molecule has 9 aromatic rings. The molecule has 0 aliphatic carbocycles. The molecule has 0 saturated carbocycles. The van der Waals surface area contributed by atoms with Crippen LogP contribution in [-0.2, 0) is 0 Å². The summed E-state index contributed by atoms with van der Waals surface area (Å²) < 4.78 is 6.81. The SMILES string of the molecule is C[Si](C)(C)c1ccc2c3c(cccc13)Oc1cc(-c3c4ccccc4c(-c4ccc(-c5ccccc5)c5ccccc45)c4ccccc34)ccc1-2. The quantitative estimate of drug-likeness (QED) is 0.134. The lowest BCUT2D eigenvalue weighted by atomic mass is 9.83. The van der Waals surface area contributed by atoms with Crippen LogP contribution in [0, 0.1) is 0 Å². The van der Waals surface area contributed by atoms with E-state index in [1.54, 1.807) is 0 Å². The van der Waals surface area contributed by atoms with Gasteiger partial charge in [0.2, 0.25) is 0 Å². The van der Waals surface area contributed by atoms with Crippen LogP contribution in [0.5, 0.6) is 11.5 Å². The molecule has 0 amide bonds. The summed E-state index contributed by atoms with van der Waals surface area (Å²) in [6.45, 7) is 7.26. The second-order valence-electron chi connectivity index (χ2n) is 14.8. The summed E-state index contributed by atoms with van der Waals surface area (Å²) in [4.78, 5) is 0. The van der Waals surface area contributed by atoms with Crippen molar-refractivity contribution >= 4 is 56.4 Å². The van der Waals surface area contributed by atoms with Crippen molar-refractivity contribution in [3.63, 3.8) is 0 Å². The number of rotatable bonds is 4. The zero-order chi connectivity index (χ0) is 34.3. The van der Waals surface area contributed by atoms with E-state index < -0.39 is 8.07 Å². The third kappa shape index (κ3) is 4.60. The monoisotopic (exact) mass is 668 g/mol. The maximum atomic E-state index is 6.81. The molecule has 0 radical (unpaired) electrons. The van der Waals surface area contributed by atoms with E-state index in [9.17, 15) is 0 Å². The lowest BCUT2D eigenvalue weighted by molar-refractivity contribution is 0.487. The molecule has 2 heteroatoms. The van der Waals surface area contributed by atoms with Crippen LogP contribution >= 0.6 is 0 Å². The number of hydrogen-bond acceptors (Lipinski definition) is 1. The van der Waals surface area contributed by atoms with Gasteiger partial charge in [-0.25, -0.2) is 0 Å². The predicted molar refractivity (Wildman–Crippen MR) is 221 cm³/mol. The van der Waals surface area contributed by atoms with Crippen LogP contribution in [-0.4, -0.2) is 8.07 Å². The van der Waals surface area contributed by atoms with Gasteiger partial charge in [0.25, 0.3) is 0 Å². The van der Waals surface area contributed by atoms with E-state index in [4.69, 9.17) is 4.74 Å². The van der Waals surface area contributed by atoms with Crippen LogP contribution in [0.15, 0.2) is 164 Å². The van der Waals surface area contributed by atoms with Crippen LogP contribution in [0.25, 0.3) is 87.6 Å². The summed E-state index contributed by atoms with van der Waals surface area (Å²) in [7, 11) is -1.55. The highest BCUT2D eigenvalue weighted by Gasteiger charge is 2.27. The standard InChI is InChI=1S/C49H36OSi/c1-51(2,3)46-29-28-42-36-25-24-32(30-45(36)50-44-23-13-22-43(46)49(42)44)47-37-18-9-11-20-39(37)48(40-21-12-10-19-38(40)47)41-27-26-33(31-14-5-4-6-15-31)34-16-7-8-17-35(34)41/h4-30H,1-3H3. The Hall–Kier alpha value is -5.96. The van der Waals surface area contributed by atoms with Gasteiger partial charge in [0, 0.05) is 10.9 Å². The van der Waals surface area contributed by atoms with Crippen LogP contribution in [0.4, 0.5) is 0 Å². The maximum absolute atomic E-state index is 6.81. The summed E-state index contributed by atoms with van der Waals surface area (Å²) >= 11 is 0. The molecular weight excluding hydrogens is 633 g/mol. The fraction of sp³-hybridized carbons (Fsp3) is 0.0612. The summed E-state index contributed by atoms with van der Waals surface area (Å²) in [5.41, 5.74) is 9.81. The third-order valence-electron chi connectivity index (χ3n) is 10.8. The van der Waals surface area contributed by atoms with Gasteiger partial charge in [-0.3, -0.25) is 0 Å². The lowest BCUT2D eigenvalue weighted by Crippen LogP contribution is -2.38. The normalized spacial score (nSPS) is 12.4. The molecule has 1 heterocycles. The van der Waals surface area contributed by atoms with Crippen molar-refractivity contribution in [2.75, 3.05) is 0 Å². The third-order valence-corrected chi connectivity index (χ3v) is 12.9. The highest BCUT2D eigenvalue weighted by atomic mass is 28.3. The van der Waals surface area contributed by atoms with Crippen LogP contribution in [0.3, 0.4) is 0 Å². The van der Waals surface area contributed by atoms with Crippen molar-refractivity contribution < 1.29 is 4.74 Å². The zero-order valence-corrected chi connectivity index (χ0v) is 30.0. The highest BCUT2D eigenvalue weighted by Crippen LogP contribution is 2.50. The molecule has 10 rings (SSSR count). The van der Waals surface area contributed by atoms with Crippen molar-refractivity contribution in [3.05, 3.63) is 164 Å². The fourth-order valence-electron chi connectivity index (χ4n) is 8.56. The molecule has 0 aromatic heterocycles. The van der Waals surface area contributed by atoms with Gasteiger partial charge in [-0.15, -0.1) is 0 Å². The summed E-state index contributed by atoms with van der Waals surface area (Å²) in [6.07, 6.45) is 0. The van der Waals surface area contributed by atoms with E-state index in [0.29, 0.717) is 0 Å². The minimum absolute atomic E-state index is 0.910. The van der Waals surface area contributed by atoms with Crippen LogP contribution in [0.2, 0.25) is 19.6 Å². The van der Waals surface area contributed by atoms with Gasteiger partial charge in [-0.2, -0.15) is 0 Å². The van der Waals surface area contributed by atoms with Crippen LogP contribution < -0.4 is 9.92 Å². The minimum atomic E-state index is -1.55. The molecule has 9 aromatic carbocycles. The fourth-order valence-corrected chi connectivity index (χ4v) is 10.2. The summed E-state index contributed by atoms with van der Waals surface area (Å²) in [5.74, 6) is 1.86. The smallest absolute Gasteiger partial charge is 0.135 e. The molecule has 51 heavy (non-hydrogen) atoms. The number of ether oxygens (including phenoxy) is 1. The molecule has 1 nitrogen and oxygen atoms in total. The average molecular weight is 669 g/mol. The Kier molecular flexibility index (Phi) is 6.62. The van der Waals surface area contributed by atoms with Gasteiger partial charge in [0.1, 0.15) is 11.5 Å². The first-order valence-corrected chi connectivity index (χ1v) is 21.4. The molecule has 1 aliphatic heterocycles. The molecule has 0 atom stereocenters. The van der Waals surface area contributed by atoms with E-state index in [-0.39, 0.29) is 0 Å². The van der Waals surface area contributed by atoms with Crippen molar-refractivity contribution in [1.29, 1.82) is 0 Å². The Labute approximate surface area is 299 Å². The molecule has 0 N–H and O–H groups in total. The predicted octanol–water partition coefficient (Wildman–Crippen LogP) is 13.6. The van der Waals surface area contributed by atoms with Crippen LogP contribution in [0.1, 0.15) is 0 Å². The Morgan fingerprint density at radius 2 is 0.882 bits per heavy atom. The largest absolute Gasteiger partial charge is 0.456 e. The lowest BCUT2D eigenvalue weighted by Gasteiger charge is -2.26. The van der Waals surface area contributed by atoms with Crippen molar-refractivity contribution in [1.82, 2.24) is 0 Å². The van der Waals surface area contributed by atoms with E-state index in [1.165, 1.54) is 81.7 Å². The number of benzene rings is 9. The Morgan fingerprint density at radius 3 is 1.55 bits per heavy atom. The van der Waals surface area contributed by atoms with Gasteiger partial charge >= 0.3 is 0 Å². The van der Waals surface area contributed by atoms with E-state index in [2.05, 4.69) is 183 Å². The molecule has 0 fully saturated rings. The van der Waals surface area contributed by atoms with Gasteiger partial charge in [0.05, 0.1) is 8.07 Å². The molecule has 242 valence electrons. The maximum Gasteiger partial charge on any atom is 0.135 e. The van der Waals surface area contributed by atoms with Gasteiger partial charge in [-0.05, 0) is 94.8 Å². The molecular formula is C49H36OSi. The number of fused-ring (bicyclic) bond motifs is 5. The van der Waals surface area contributed by atoms with Crippen molar-refractivity contribution in [3.8, 4) is 56.0 Å². The van der Waals surface area contributed by atoms with E-state index in [0.717, 1.165) is 22.6 Å². The molecule has 0 spiro atoms. The first kappa shape index (κ1) is 29.9. The minimum Gasteiger partial charge on any atom is -0.456 e. The Morgan fingerprint density at radius 1 is 0.353 bits per heavy atom. The van der Waals surface area contributed by atoms with Gasteiger partial charge in [-0.1, -0.05) is 170 Å². The first-order valence-electron chi connectivity index (χ1n) is 17.9. The molecule has 0 unspecified atom stereocenters. The second kappa shape index (κ2) is 11.3. The van der Waals surface area contributed by atoms with Crippen molar-refractivity contribution in [2.45, 2.75) is 19.6 Å². The average Bonchev–Trinajstić information content (AvgIpc) is 3.16. The van der Waals surface area contributed by atoms with Gasteiger partial charge < -0.3 is 4.74 Å². The zero-order valence-electron chi connectivity index (χ0n) is 29.0. The topological polar surface area (TPSA) is 9.23 Å².